The summed E-state index contributed by atoms with van der Waals surface area (Å²) in [6.45, 7) is 4.77. The molecule has 5 heteroatoms. The van der Waals surface area contributed by atoms with Gasteiger partial charge < -0.3 is 14.2 Å². The number of para-hydroxylation sites is 2. The van der Waals surface area contributed by atoms with Gasteiger partial charge in [0, 0.05) is 25.4 Å². The Bertz CT molecular complexity index is 1230. The Labute approximate surface area is 194 Å². The van der Waals surface area contributed by atoms with E-state index in [0.29, 0.717) is 26.1 Å². The van der Waals surface area contributed by atoms with Crippen molar-refractivity contribution in [3.8, 4) is 5.75 Å². The van der Waals surface area contributed by atoms with Gasteiger partial charge in [0.15, 0.2) is 0 Å². The van der Waals surface area contributed by atoms with Gasteiger partial charge in [-0.3, -0.25) is 4.79 Å². The normalized spacial score (nSPS) is 16.0. The van der Waals surface area contributed by atoms with Crippen molar-refractivity contribution in [2.45, 2.75) is 32.2 Å². The standard InChI is InChI=1S/C28H29N3O2/c1-21-11-13-24(14-12-21)33-18-17-31-26-10-6-5-9-25(26)29-28(31)23-19-27(32)30(20-23)16-15-22-7-3-2-4-8-22/h2-14,23H,15-20H2,1H3. The number of ether oxygens (including phenoxy) is 1. The number of fused-ring (bicyclic) bond motifs is 1. The van der Waals surface area contributed by atoms with Gasteiger partial charge in [-0.1, -0.05) is 60.2 Å². The van der Waals surface area contributed by atoms with E-state index in [1.807, 2.05) is 53.4 Å². The second-order valence-electron chi connectivity index (χ2n) is 8.75. The maximum Gasteiger partial charge on any atom is 0.223 e. The molecule has 0 radical (unpaired) electrons. The second-order valence-corrected chi connectivity index (χ2v) is 8.75. The zero-order chi connectivity index (χ0) is 22.6. The number of carbonyl (C=O) groups is 1. The summed E-state index contributed by atoms with van der Waals surface area (Å²) in [5.74, 6) is 2.17. The lowest BCUT2D eigenvalue weighted by atomic mass is 10.1. The Balaban J connectivity index is 1.31. The molecule has 1 amide bonds. The van der Waals surface area contributed by atoms with Gasteiger partial charge in [-0.2, -0.15) is 0 Å². The van der Waals surface area contributed by atoms with Gasteiger partial charge in [-0.05, 0) is 43.2 Å². The van der Waals surface area contributed by atoms with Crippen LogP contribution in [-0.4, -0.2) is 40.1 Å². The smallest absolute Gasteiger partial charge is 0.223 e. The number of aryl methyl sites for hydroxylation is 1. The number of benzene rings is 3. The largest absolute Gasteiger partial charge is 0.492 e. The molecule has 5 nitrogen and oxygen atoms in total. The molecule has 1 atom stereocenters. The second kappa shape index (κ2) is 9.49. The lowest BCUT2D eigenvalue weighted by molar-refractivity contribution is -0.127. The molecule has 0 spiro atoms. The topological polar surface area (TPSA) is 47.4 Å². The summed E-state index contributed by atoms with van der Waals surface area (Å²) in [5.41, 5.74) is 4.54. The zero-order valence-corrected chi connectivity index (χ0v) is 19.0. The van der Waals surface area contributed by atoms with E-state index in [4.69, 9.17) is 9.72 Å². The minimum atomic E-state index is 0.0973. The van der Waals surface area contributed by atoms with Crippen LogP contribution in [0.5, 0.6) is 5.75 Å². The first-order valence-corrected chi connectivity index (χ1v) is 11.6. The third kappa shape index (κ3) is 4.77. The maximum atomic E-state index is 12.8. The first-order chi connectivity index (χ1) is 16.2. The molecule has 3 aromatic carbocycles. The highest BCUT2D eigenvalue weighted by atomic mass is 16.5. The summed E-state index contributed by atoms with van der Waals surface area (Å²) in [6, 6.07) is 26.7. The van der Waals surface area contributed by atoms with Gasteiger partial charge in [0.1, 0.15) is 18.2 Å². The Kier molecular flexibility index (Phi) is 6.11. The van der Waals surface area contributed by atoms with Crippen LogP contribution in [-0.2, 0) is 17.8 Å². The van der Waals surface area contributed by atoms with Crippen molar-refractivity contribution < 1.29 is 9.53 Å². The van der Waals surface area contributed by atoms with E-state index in [1.165, 1.54) is 11.1 Å². The van der Waals surface area contributed by atoms with Crippen molar-refractivity contribution in [1.82, 2.24) is 14.5 Å². The van der Waals surface area contributed by atoms with Gasteiger partial charge in [-0.15, -0.1) is 0 Å². The quantitative estimate of drug-likeness (QED) is 0.389. The molecule has 0 N–H and O–H groups in total. The average molecular weight is 440 g/mol. The van der Waals surface area contributed by atoms with Crippen LogP contribution in [0.4, 0.5) is 0 Å². The average Bonchev–Trinajstić information content (AvgIpc) is 3.40. The van der Waals surface area contributed by atoms with Crippen LogP contribution in [0.25, 0.3) is 11.0 Å². The fourth-order valence-corrected chi connectivity index (χ4v) is 4.60. The molecule has 0 bridgehead atoms. The van der Waals surface area contributed by atoms with E-state index in [9.17, 15) is 4.79 Å². The summed E-state index contributed by atoms with van der Waals surface area (Å²) in [4.78, 5) is 19.7. The van der Waals surface area contributed by atoms with Crippen LogP contribution >= 0.6 is 0 Å². The van der Waals surface area contributed by atoms with Crippen LogP contribution < -0.4 is 4.74 Å². The molecule has 0 saturated carbocycles. The van der Waals surface area contributed by atoms with E-state index >= 15 is 0 Å². The van der Waals surface area contributed by atoms with Crippen molar-refractivity contribution in [2.75, 3.05) is 19.7 Å². The number of rotatable bonds is 8. The molecule has 5 rings (SSSR count). The predicted octanol–water partition coefficient (Wildman–Crippen LogP) is 4.98. The highest BCUT2D eigenvalue weighted by molar-refractivity contribution is 5.81. The fourth-order valence-electron chi connectivity index (χ4n) is 4.60. The van der Waals surface area contributed by atoms with Crippen LogP contribution in [0.3, 0.4) is 0 Å². The lowest BCUT2D eigenvalue weighted by Gasteiger charge is -2.17. The van der Waals surface area contributed by atoms with E-state index in [0.717, 1.165) is 35.6 Å². The number of aromatic nitrogens is 2. The van der Waals surface area contributed by atoms with Crippen molar-refractivity contribution in [3.05, 3.63) is 95.8 Å². The van der Waals surface area contributed by atoms with Crippen LogP contribution in [0.15, 0.2) is 78.9 Å². The number of likely N-dealkylation sites (tertiary alicyclic amines) is 1. The first kappa shape index (κ1) is 21.3. The van der Waals surface area contributed by atoms with E-state index in [1.54, 1.807) is 0 Å². The minimum Gasteiger partial charge on any atom is -0.492 e. The molecule has 168 valence electrons. The number of hydrogen-bond acceptors (Lipinski definition) is 3. The van der Waals surface area contributed by atoms with Crippen LogP contribution in [0, 0.1) is 6.92 Å². The van der Waals surface area contributed by atoms with E-state index in [2.05, 4.69) is 41.8 Å². The Morgan fingerprint density at radius 2 is 1.70 bits per heavy atom. The van der Waals surface area contributed by atoms with Crippen LogP contribution in [0.2, 0.25) is 0 Å². The molecule has 1 saturated heterocycles. The number of hydrogen-bond donors (Lipinski definition) is 0. The molecule has 2 heterocycles. The molecule has 1 aliphatic rings. The van der Waals surface area contributed by atoms with Crippen LogP contribution in [0.1, 0.15) is 29.3 Å². The molecule has 0 aliphatic carbocycles. The molecule has 1 fully saturated rings. The van der Waals surface area contributed by atoms with E-state index < -0.39 is 0 Å². The van der Waals surface area contributed by atoms with Gasteiger partial charge in [0.05, 0.1) is 17.6 Å². The monoisotopic (exact) mass is 439 g/mol. The Morgan fingerprint density at radius 1 is 0.939 bits per heavy atom. The highest BCUT2D eigenvalue weighted by Crippen LogP contribution is 2.30. The lowest BCUT2D eigenvalue weighted by Crippen LogP contribution is -2.27. The molecule has 33 heavy (non-hydrogen) atoms. The highest BCUT2D eigenvalue weighted by Gasteiger charge is 2.33. The third-order valence-electron chi connectivity index (χ3n) is 6.38. The molecule has 1 unspecified atom stereocenters. The number of carbonyl (C=O) groups excluding carboxylic acids is 1. The van der Waals surface area contributed by atoms with Gasteiger partial charge >= 0.3 is 0 Å². The first-order valence-electron chi connectivity index (χ1n) is 11.6. The summed E-state index contributed by atoms with van der Waals surface area (Å²) in [7, 11) is 0. The molecular weight excluding hydrogens is 410 g/mol. The van der Waals surface area contributed by atoms with Gasteiger partial charge in [0.2, 0.25) is 5.91 Å². The molecular formula is C28H29N3O2. The molecule has 1 aromatic heterocycles. The molecule has 1 aliphatic heterocycles. The van der Waals surface area contributed by atoms with Crippen molar-refractivity contribution in [3.63, 3.8) is 0 Å². The third-order valence-corrected chi connectivity index (χ3v) is 6.38. The number of nitrogens with zero attached hydrogens (tertiary/aromatic N) is 3. The van der Waals surface area contributed by atoms with Gasteiger partial charge in [0.25, 0.3) is 0 Å². The van der Waals surface area contributed by atoms with Crippen molar-refractivity contribution in [2.24, 2.45) is 0 Å². The molecule has 4 aromatic rings. The summed E-state index contributed by atoms with van der Waals surface area (Å²) < 4.78 is 8.24. The fraction of sp³-hybridized carbons (Fsp3) is 0.286. The summed E-state index contributed by atoms with van der Waals surface area (Å²) in [5, 5.41) is 0. The number of amides is 1. The Morgan fingerprint density at radius 3 is 2.52 bits per heavy atom. The maximum absolute atomic E-state index is 12.8. The van der Waals surface area contributed by atoms with Gasteiger partial charge in [-0.25, -0.2) is 4.98 Å². The number of imidazole rings is 1. The van der Waals surface area contributed by atoms with Crippen molar-refractivity contribution >= 4 is 16.9 Å². The SMILES string of the molecule is Cc1ccc(OCCn2c(C3CC(=O)N(CCc4ccccc4)C3)nc3ccccc32)cc1. The van der Waals surface area contributed by atoms with Crippen molar-refractivity contribution in [1.29, 1.82) is 0 Å². The zero-order valence-electron chi connectivity index (χ0n) is 19.0. The Hall–Kier alpha value is -3.60. The summed E-state index contributed by atoms with van der Waals surface area (Å²) >= 11 is 0. The summed E-state index contributed by atoms with van der Waals surface area (Å²) in [6.07, 6.45) is 1.39. The predicted molar refractivity (Wildman–Crippen MR) is 130 cm³/mol. The van der Waals surface area contributed by atoms with E-state index in [-0.39, 0.29) is 11.8 Å². The minimum absolute atomic E-state index is 0.0973.